The van der Waals surface area contributed by atoms with Crippen molar-refractivity contribution in [1.29, 1.82) is 0 Å². The second-order valence-corrected chi connectivity index (χ2v) is 7.75. The number of aliphatic imine (C=N–C) groups is 1. The van der Waals surface area contributed by atoms with Crippen LogP contribution in [0.25, 0.3) is 0 Å². The van der Waals surface area contributed by atoms with Gasteiger partial charge in [0.15, 0.2) is 0 Å². The zero-order valence-corrected chi connectivity index (χ0v) is 16.3. The Hall–Kier alpha value is -0.750. The number of carbonyl (C=O) groups is 1. The minimum atomic E-state index is -0.934. The van der Waals surface area contributed by atoms with Gasteiger partial charge < -0.3 is 16.6 Å². The summed E-state index contributed by atoms with van der Waals surface area (Å²) in [6.07, 6.45) is 10.6. The van der Waals surface area contributed by atoms with Crippen LogP contribution in [0.2, 0.25) is 0 Å². The maximum absolute atomic E-state index is 10.6. The number of hydrogen-bond acceptors (Lipinski definition) is 4. The van der Waals surface area contributed by atoms with Crippen LogP contribution in [-0.2, 0) is 4.79 Å². The summed E-state index contributed by atoms with van der Waals surface area (Å²) >= 11 is 2.09. The number of amidine groups is 1. The van der Waals surface area contributed by atoms with Gasteiger partial charge in [-0.3, -0.25) is 9.79 Å². The fraction of sp³-hybridized carbons (Fsp3) is 0.889. The Balaban J connectivity index is 3.72. The van der Waals surface area contributed by atoms with Gasteiger partial charge in [0, 0.05) is 18.2 Å². The van der Waals surface area contributed by atoms with E-state index in [0.717, 1.165) is 42.5 Å². The van der Waals surface area contributed by atoms with Crippen LogP contribution < -0.4 is 11.5 Å². The second kappa shape index (κ2) is 15.8. The van der Waals surface area contributed by atoms with E-state index in [4.69, 9.17) is 16.6 Å². The van der Waals surface area contributed by atoms with Gasteiger partial charge in [-0.25, -0.2) is 0 Å². The maximum atomic E-state index is 10.6. The highest BCUT2D eigenvalue weighted by Gasteiger charge is 2.10. The van der Waals surface area contributed by atoms with Crippen molar-refractivity contribution in [3.63, 3.8) is 0 Å². The van der Waals surface area contributed by atoms with Gasteiger partial charge >= 0.3 is 5.97 Å². The largest absolute Gasteiger partial charge is 0.480 e. The first kappa shape index (κ1) is 23.2. The van der Waals surface area contributed by atoms with E-state index >= 15 is 0 Å². The Labute approximate surface area is 152 Å². The standard InChI is InChI=1S/C18H37N3O2S/c1-3-5-10-15(9-4-2)24-14-8-12-17(20)21-13-7-6-11-16(19)18(22)23/h15-16H,3-14,19H2,1-2H3,(H2,20,21)(H,22,23)/t15?,16-/m0/s1. The van der Waals surface area contributed by atoms with Crippen LogP contribution in [-0.4, -0.2) is 40.5 Å². The summed E-state index contributed by atoms with van der Waals surface area (Å²) in [5.74, 6) is 0.937. The lowest BCUT2D eigenvalue weighted by atomic mass is 10.1. The van der Waals surface area contributed by atoms with Crippen molar-refractivity contribution in [1.82, 2.24) is 0 Å². The summed E-state index contributed by atoms with van der Waals surface area (Å²) < 4.78 is 0. The molecule has 0 saturated heterocycles. The number of carboxylic acids is 1. The Bertz CT molecular complexity index is 351. The van der Waals surface area contributed by atoms with Crippen LogP contribution in [0.3, 0.4) is 0 Å². The molecule has 0 heterocycles. The van der Waals surface area contributed by atoms with E-state index in [0.29, 0.717) is 13.0 Å². The molecule has 0 aliphatic carbocycles. The number of unbranched alkanes of at least 4 members (excludes halogenated alkanes) is 2. The molecule has 2 atom stereocenters. The van der Waals surface area contributed by atoms with Crippen LogP contribution >= 0.6 is 11.8 Å². The molecule has 0 aliphatic heterocycles. The fourth-order valence-electron chi connectivity index (χ4n) is 2.47. The zero-order chi connectivity index (χ0) is 18.2. The normalized spacial score (nSPS) is 14.5. The summed E-state index contributed by atoms with van der Waals surface area (Å²) in [6.45, 7) is 5.17. The third kappa shape index (κ3) is 13.7. The van der Waals surface area contributed by atoms with E-state index < -0.39 is 12.0 Å². The Morgan fingerprint density at radius 1 is 1.08 bits per heavy atom. The molecule has 0 aromatic rings. The summed E-state index contributed by atoms with van der Waals surface area (Å²) in [7, 11) is 0. The molecule has 0 fully saturated rings. The van der Waals surface area contributed by atoms with Crippen molar-refractivity contribution in [2.75, 3.05) is 12.3 Å². The molecule has 0 aliphatic rings. The first-order valence-corrected chi connectivity index (χ1v) is 10.4. The van der Waals surface area contributed by atoms with Crippen LogP contribution in [0.1, 0.15) is 78.1 Å². The maximum Gasteiger partial charge on any atom is 0.320 e. The van der Waals surface area contributed by atoms with E-state index in [2.05, 4.69) is 30.6 Å². The molecule has 5 N–H and O–H groups in total. The molecule has 0 amide bonds. The molecular weight excluding hydrogens is 322 g/mol. The molecule has 142 valence electrons. The summed E-state index contributed by atoms with van der Waals surface area (Å²) in [5.41, 5.74) is 11.4. The molecule has 0 spiro atoms. The predicted octanol–water partition coefficient (Wildman–Crippen LogP) is 3.80. The first-order chi connectivity index (χ1) is 11.5. The first-order valence-electron chi connectivity index (χ1n) is 9.40. The van der Waals surface area contributed by atoms with Crippen molar-refractivity contribution in [2.45, 2.75) is 89.3 Å². The molecule has 5 nitrogen and oxygen atoms in total. The topological polar surface area (TPSA) is 102 Å². The van der Waals surface area contributed by atoms with E-state index in [1.807, 2.05) is 0 Å². The smallest absolute Gasteiger partial charge is 0.320 e. The van der Waals surface area contributed by atoms with Crippen LogP contribution in [0.4, 0.5) is 0 Å². The van der Waals surface area contributed by atoms with E-state index in [-0.39, 0.29) is 0 Å². The zero-order valence-electron chi connectivity index (χ0n) is 15.5. The Morgan fingerprint density at radius 3 is 2.46 bits per heavy atom. The van der Waals surface area contributed by atoms with Crippen molar-refractivity contribution in [3.05, 3.63) is 0 Å². The summed E-state index contributed by atoms with van der Waals surface area (Å²) in [6, 6.07) is -0.757. The van der Waals surface area contributed by atoms with Gasteiger partial charge in [-0.1, -0.05) is 33.1 Å². The summed E-state index contributed by atoms with van der Waals surface area (Å²) in [5, 5.41) is 9.49. The van der Waals surface area contributed by atoms with Gasteiger partial charge in [-0.05, 0) is 44.3 Å². The predicted molar refractivity (Wildman–Crippen MR) is 106 cm³/mol. The highest BCUT2D eigenvalue weighted by atomic mass is 32.2. The van der Waals surface area contributed by atoms with Gasteiger partial charge in [0.05, 0.1) is 5.84 Å². The van der Waals surface area contributed by atoms with Crippen molar-refractivity contribution in [2.24, 2.45) is 16.5 Å². The Kier molecular flexibility index (Phi) is 15.3. The van der Waals surface area contributed by atoms with Crippen LogP contribution in [0.15, 0.2) is 4.99 Å². The molecule has 0 aromatic carbocycles. The molecule has 1 unspecified atom stereocenters. The van der Waals surface area contributed by atoms with Crippen molar-refractivity contribution in [3.8, 4) is 0 Å². The number of rotatable bonds is 16. The lowest BCUT2D eigenvalue weighted by Crippen LogP contribution is -2.29. The van der Waals surface area contributed by atoms with Crippen molar-refractivity contribution >= 4 is 23.6 Å². The third-order valence-corrected chi connectivity index (χ3v) is 5.44. The molecule has 0 rings (SSSR count). The number of thioether (sulfide) groups is 1. The molecule has 6 heteroatoms. The molecule has 0 aromatic heterocycles. The molecule has 0 bridgehead atoms. The monoisotopic (exact) mass is 359 g/mol. The Morgan fingerprint density at radius 2 is 1.83 bits per heavy atom. The lowest BCUT2D eigenvalue weighted by Gasteiger charge is -2.15. The highest BCUT2D eigenvalue weighted by molar-refractivity contribution is 7.99. The minimum absolute atomic E-state index is 0.498. The van der Waals surface area contributed by atoms with Crippen LogP contribution in [0.5, 0.6) is 0 Å². The number of nitrogens with two attached hydrogens (primary N) is 2. The summed E-state index contributed by atoms with van der Waals surface area (Å²) in [4.78, 5) is 15.0. The van der Waals surface area contributed by atoms with Crippen molar-refractivity contribution < 1.29 is 9.90 Å². The molecule has 24 heavy (non-hydrogen) atoms. The van der Waals surface area contributed by atoms with E-state index in [1.54, 1.807) is 0 Å². The minimum Gasteiger partial charge on any atom is -0.480 e. The quantitative estimate of drug-likeness (QED) is 0.221. The van der Waals surface area contributed by atoms with E-state index in [1.165, 1.54) is 32.1 Å². The van der Waals surface area contributed by atoms with Gasteiger partial charge in [0.1, 0.15) is 6.04 Å². The number of aliphatic carboxylic acids is 1. The van der Waals surface area contributed by atoms with Gasteiger partial charge in [0.2, 0.25) is 0 Å². The fourth-order valence-corrected chi connectivity index (χ4v) is 3.85. The lowest BCUT2D eigenvalue weighted by molar-refractivity contribution is -0.138. The number of nitrogens with zero attached hydrogens (tertiary/aromatic N) is 1. The molecule has 0 saturated carbocycles. The van der Waals surface area contributed by atoms with Gasteiger partial charge in [-0.2, -0.15) is 11.8 Å². The molecular formula is C18H37N3O2S. The van der Waals surface area contributed by atoms with E-state index in [9.17, 15) is 4.79 Å². The second-order valence-electron chi connectivity index (χ2n) is 6.34. The average molecular weight is 360 g/mol. The third-order valence-electron chi connectivity index (χ3n) is 3.98. The average Bonchev–Trinajstić information content (AvgIpc) is 2.55. The number of carboxylic acid groups (broad SMARTS) is 1. The van der Waals surface area contributed by atoms with Gasteiger partial charge in [-0.15, -0.1) is 0 Å². The van der Waals surface area contributed by atoms with Crippen LogP contribution in [0, 0.1) is 0 Å². The van der Waals surface area contributed by atoms with Gasteiger partial charge in [0.25, 0.3) is 0 Å². The molecule has 0 radical (unpaired) electrons. The highest BCUT2D eigenvalue weighted by Crippen LogP contribution is 2.23. The number of hydrogen-bond donors (Lipinski definition) is 3. The SMILES string of the molecule is CCCCC(CCC)SCCCC(N)=NCCCC[C@H](N)C(=O)O.